The standard InChI is InChI=1S/C26H24Cl2F2N2O7/c1-3-36-15-4-6-16(7-5-15)38-14(2)24(34)31-20-12-22(33)21(11-19(20)27)32-25(35)18-9-8-17(37-13-29)10-23(18)39-26(28)30/h4-12,14,26,33H,3,13H2,1-2H3,(H,31,34)(H,32,35). The van der Waals surface area contributed by atoms with Crippen LogP contribution in [0.25, 0.3) is 0 Å². The first-order valence-electron chi connectivity index (χ1n) is 11.4. The van der Waals surface area contributed by atoms with Crippen LogP contribution in [-0.4, -0.2) is 42.3 Å². The molecule has 9 nitrogen and oxygen atoms in total. The summed E-state index contributed by atoms with van der Waals surface area (Å²) in [6.07, 6.45) is -0.926. The van der Waals surface area contributed by atoms with E-state index in [1.165, 1.54) is 25.1 Å². The van der Waals surface area contributed by atoms with E-state index >= 15 is 0 Å². The zero-order chi connectivity index (χ0) is 28.5. The Balaban J connectivity index is 1.70. The molecule has 0 aliphatic heterocycles. The molecule has 2 amide bonds. The average molecular weight is 585 g/mol. The fourth-order valence-electron chi connectivity index (χ4n) is 3.26. The second-order valence-corrected chi connectivity index (χ2v) is 8.50. The molecule has 3 rings (SSSR count). The summed E-state index contributed by atoms with van der Waals surface area (Å²) in [6, 6.07) is 12.6. The lowest BCUT2D eigenvalue weighted by Gasteiger charge is -2.17. The number of hydrogen-bond acceptors (Lipinski definition) is 7. The van der Waals surface area contributed by atoms with Crippen molar-refractivity contribution in [3.05, 3.63) is 65.2 Å². The largest absolute Gasteiger partial charge is 0.506 e. The summed E-state index contributed by atoms with van der Waals surface area (Å²) in [7, 11) is 0. The molecule has 0 saturated heterocycles. The zero-order valence-electron chi connectivity index (χ0n) is 20.7. The number of hydrogen-bond donors (Lipinski definition) is 3. The van der Waals surface area contributed by atoms with Crippen molar-refractivity contribution in [1.82, 2.24) is 0 Å². The fraction of sp³-hybridized carbons (Fsp3) is 0.231. The number of ether oxygens (including phenoxy) is 4. The van der Waals surface area contributed by atoms with Gasteiger partial charge in [0.05, 0.1) is 28.6 Å². The maximum atomic E-state index is 13.3. The summed E-state index contributed by atoms with van der Waals surface area (Å²) in [5.74, 6) is -3.41. The van der Waals surface area contributed by atoms with Crippen LogP contribution in [-0.2, 0) is 4.79 Å². The first kappa shape index (κ1) is 29.6. The second-order valence-electron chi connectivity index (χ2n) is 7.75. The summed E-state index contributed by atoms with van der Waals surface area (Å²) in [5.41, 5.74) is -0.268. The maximum Gasteiger partial charge on any atom is 0.316 e. The van der Waals surface area contributed by atoms with Crippen LogP contribution in [0, 0.1) is 0 Å². The predicted molar refractivity (Wildman–Crippen MR) is 142 cm³/mol. The summed E-state index contributed by atoms with van der Waals surface area (Å²) in [6.45, 7) is 2.75. The molecule has 0 fully saturated rings. The number of halogens is 4. The minimum absolute atomic E-state index is 0.0162. The van der Waals surface area contributed by atoms with Gasteiger partial charge in [0.2, 0.25) is 6.86 Å². The first-order chi connectivity index (χ1) is 18.6. The molecule has 3 aromatic rings. The number of aromatic hydroxyl groups is 1. The maximum absolute atomic E-state index is 13.3. The molecule has 0 aromatic heterocycles. The number of alkyl halides is 3. The van der Waals surface area contributed by atoms with Crippen LogP contribution in [0.3, 0.4) is 0 Å². The molecule has 39 heavy (non-hydrogen) atoms. The lowest BCUT2D eigenvalue weighted by Crippen LogP contribution is -2.30. The van der Waals surface area contributed by atoms with Crippen molar-refractivity contribution in [3.63, 3.8) is 0 Å². The third kappa shape index (κ3) is 8.26. The van der Waals surface area contributed by atoms with Crippen LogP contribution in [0.1, 0.15) is 24.2 Å². The Labute approximate surface area is 232 Å². The Morgan fingerprint density at radius 2 is 1.62 bits per heavy atom. The van der Waals surface area contributed by atoms with Crippen molar-refractivity contribution in [1.29, 1.82) is 0 Å². The Bertz CT molecular complexity index is 1310. The molecular formula is C26H24Cl2F2N2O7. The lowest BCUT2D eigenvalue weighted by atomic mass is 10.1. The molecule has 0 spiro atoms. The van der Waals surface area contributed by atoms with E-state index in [1.807, 2.05) is 6.92 Å². The molecule has 0 aliphatic rings. The minimum atomic E-state index is -2.30. The number of phenolic OH excluding ortho intramolecular Hbond substituents is 1. The first-order valence-corrected chi connectivity index (χ1v) is 12.2. The third-order valence-corrected chi connectivity index (χ3v) is 5.45. The second kappa shape index (κ2) is 13.7. The van der Waals surface area contributed by atoms with Gasteiger partial charge in [0.25, 0.3) is 11.8 Å². The van der Waals surface area contributed by atoms with Gasteiger partial charge in [-0.15, -0.1) is 0 Å². The van der Waals surface area contributed by atoms with Gasteiger partial charge in [-0.1, -0.05) is 11.6 Å². The number of anilines is 2. The summed E-state index contributed by atoms with van der Waals surface area (Å²) in [5, 5.41) is 15.4. The Kier molecular flexibility index (Phi) is 10.4. The number of amides is 2. The number of benzene rings is 3. The van der Waals surface area contributed by atoms with Gasteiger partial charge in [0.1, 0.15) is 28.7 Å². The predicted octanol–water partition coefficient (Wildman–Crippen LogP) is 6.28. The molecule has 0 bridgehead atoms. The van der Waals surface area contributed by atoms with Crippen molar-refractivity contribution < 1.29 is 42.4 Å². The van der Waals surface area contributed by atoms with E-state index in [1.54, 1.807) is 24.3 Å². The summed E-state index contributed by atoms with van der Waals surface area (Å²) in [4.78, 5) is 25.4. The van der Waals surface area contributed by atoms with E-state index in [-0.39, 0.29) is 33.5 Å². The highest BCUT2D eigenvalue weighted by molar-refractivity contribution is 6.34. The van der Waals surface area contributed by atoms with Crippen molar-refractivity contribution in [3.8, 4) is 28.7 Å². The van der Waals surface area contributed by atoms with Gasteiger partial charge in [-0.2, -0.15) is 4.39 Å². The molecular weight excluding hydrogens is 561 g/mol. The molecule has 3 N–H and O–H groups in total. The number of rotatable bonds is 12. The van der Waals surface area contributed by atoms with Crippen LogP contribution in [0.4, 0.5) is 20.2 Å². The normalized spacial score (nSPS) is 12.2. The van der Waals surface area contributed by atoms with Crippen LogP contribution in [0.2, 0.25) is 5.02 Å². The van der Waals surface area contributed by atoms with Gasteiger partial charge < -0.3 is 34.7 Å². The van der Waals surface area contributed by atoms with Crippen LogP contribution < -0.4 is 29.6 Å². The van der Waals surface area contributed by atoms with E-state index in [9.17, 15) is 23.5 Å². The van der Waals surface area contributed by atoms with E-state index in [0.717, 1.165) is 12.1 Å². The van der Waals surface area contributed by atoms with Gasteiger partial charge >= 0.3 is 5.82 Å². The number of carbonyl (C=O) groups is 2. The third-order valence-electron chi connectivity index (χ3n) is 5.04. The minimum Gasteiger partial charge on any atom is -0.506 e. The molecule has 2 unspecified atom stereocenters. The highest BCUT2D eigenvalue weighted by atomic mass is 35.5. The smallest absolute Gasteiger partial charge is 0.316 e. The van der Waals surface area contributed by atoms with Crippen LogP contribution in [0.15, 0.2) is 54.6 Å². The molecule has 2 atom stereocenters. The molecule has 208 valence electrons. The van der Waals surface area contributed by atoms with Crippen LogP contribution in [0.5, 0.6) is 28.7 Å². The van der Waals surface area contributed by atoms with Gasteiger partial charge in [-0.05, 0) is 67.9 Å². The van der Waals surface area contributed by atoms with Crippen molar-refractivity contribution in [2.45, 2.75) is 25.8 Å². The van der Waals surface area contributed by atoms with Crippen molar-refractivity contribution in [2.24, 2.45) is 0 Å². The molecule has 13 heteroatoms. The fourth-order valence-corrected chi connectivity index (χ4v) is 3.56. The van der Waals surface area contributed by atoms with Gasteiger partial charge in [0, 0.05) is 12.1 Å². The number of phenols is 1. The topological polar surface area (TPSA) is 115 Å². The molecule has 0 aliphatic carbocycles. The van der Waals surface area contributed by atoms with Crippen molar-refractivity contribution in [2.75, 3.05) is 24.1 Å². The molecule has 0 saturated carbocycles. The number of nitrogens with one attached hydrogen (secondary N) is 2. The average Bonchev–Trinajstić information content (AvgIpc) is 2.88. The highest BCUT2D eigenvalue weighted by Crippen LogP contribution is 2.35. The molecule has 0 heterocycles. The Hall–Kier alpha value is -3.96. The summed E-state index contributed by atoms with van der Waals surface area (Å²) < 4.78 is 46.2. The Morgan fingerprint density at radius 3 is 2.26 bits per heavy atom. The monoisotopic (exact) mass is 584 g/mol. The van der Waals surface area contributed by atoms with Gasteiger partial charge in [-0.3, -0.25) is 9.59 Å². The SMILES string of the molecule is CCOc1ccc(OC(C)C(=O)Nc2cc(O)c(NC(=O)c3ccc(OCF)cc3OC(F)Cl)cc2Cl)cc1. The van der Waals surface area contributed by atoms with E-state index in [2.05, 4.69) is 15.4 Å². The number of carbonyl (C=O) groups excluding carboxylic acids is 2. The van der Waals surface area contributed by atoms with Crippen molar-refractivity contribution >= 4 is 46.4 Å². The molecule has 3 aromatic carbocycles. The summed E-state index contributed by atoms with van der Waals surface area (Å²) >= 11 is 11.5. The quantitative estimate of drug-likeness (QED) is 0.169. The van der Waals surface area contributed by atoms with Crippen LogP contribution >= 0.6 is 23.2 Å². The van der Waals surface area contributed by atoms with Gasteiger partial charge in [0.15, 0.2) is 6.10 Å². The van der Waals surface area contributed by atoms with E-state index < -0.39 is 36.3 Å². The molecule has 0 radical (unpaired) electrons. The Morgan fingerprint density at radius 1 is 0.949 bits per heavy atom. The van der Waals surface area contributed by atoms with Gasteiger partial charge in [-0.25, -0.2) is 4.39 Å². The highest BCUT2D eigenvalue weighted by Gasteiger charge is 2.21. The van der Waals surface area contributed by atoms with E-state index in [0.29, 0.717) is 18.1 Å². The lowest BCUT2D eigenvalue weighted by molar-refractivity contribution is -0.122. The zero-order valence-corrected chi connectivity index (χ0v) is 22.2. The van der Waals surface area contributed by atoms with E-state index in [4.69, 9.17) is 37.4 Å².